The normalized spacial score (nSPS) is 18.1. The summed E-state index contributed by atoms with van der Waals surface area (Å²) in [4.78, 5) is 37.8. The highest BCUT2D eigenvalue weighted by Crippen LogP contribution is 2.03. The van der Waals surface area contributed by atoms with E-state index in [1.807, 2.05) is 0 Å². The number of nitrogens with one attached hydrogen (secondary N) is 1. The Labute approximate surface area is 131 Å². The third kappa shape index (κ3) is 9.48. The summed E-state index contributed by atoms with van der Waals surface area (Å²) in [6, 6.07) is -1.38. The second-order valence-electron chi connectivity index (χ2n) is 3.94. The number of carbonyl (C=O) groups excluding carboxylic acids is 3. The number of hydrogen-bond donors (Lipinski definition) is 1. The van der Waals surface area contributed by atoms with Crippen molar-refractivity contribution in [3.05, 3.63) is 5.53 Å². The molecule has 118 valence electrons. The first kappa shape index (κ1) is 10.6. The molecule has 1 N–H and O–H groups in total. The smallest absolute Gasteiger partial charge is 0.328 e. The minimum atomic E-state index is -2.58. The van der Waals surface area contributed by atoms with Gasteiger partial charge < -0.3 is 20.3 Å². The number of rotatable bonds is 10. The van der Waals surface area contributed by atoms with Gasteiger partial charge in [0.15, 0.2) is 0 Å². The summed E-state index contributed by atoms with van der Waals surface area (Å²) < 4.78 is 51.9. The zero-order valence-electron chi connectivity index (χ0n) is 17.5. The zero-order chi connectivity index (χ0) is 21.3. The first-order valence-electron chi connectivity index (χ1n) is 9.04. The Hall–Kier alpha value is -2.05. The van der Waals surface area contributed by atoms with E-state index in [2.05, 4.69) is 10.1 Å². The molecule has 0 aromatic carbocycles. The number of carbonyl (C=O) groups is 3. The molecular formula is C13H21N3O5. The van der Waals surface area contributed by atoms with Gasteiger partial charge in [0.1, 0.15) is 12.6 Å². The average Bonchev–Trinajstić information content (AvgIpc) is 2.49. The van der Waals surface area contributed by atoms with E-state index in [0.29, 0.717) is 6.21 Å². The van der Waals surface area contributed by atoms with Crippen LogP contribution in [0.25, 0.3) is 5.53 Å². The van der Waals surface area contributed by atoms with Crippen LogP contribution in [0.4, 0.5) is 0 Å². The number of ketones is 1. The van der Waals surface area contributed by atoms with E-state index in [0.717, 1.165) is 6.92 Å². The lowest BCUT2D eigenvalue weighted by Gasteiger charge is -2.18. The highest BCUT2D eigenvalue weighted by atomic mass is 16.5. The fourth-order valence-electron chi connectivity index (χ4n) is 1.30. The number of hydrogen-bond acceptors (Lipinski definition) is 5. The van der Waals surface area contributed by atoms with Crippen molar-refractivity contribution in [2.75, 3.05) is 13.2 Å². The predicted octanol–water partition coefficient (Wildman–Crippen LogP) is 0.109. The summed E-state index contributed by atoms with van der Waals surface area (Å²) >= 11 is 0. The van der Waals surface area contributed by atoms with Crippen molar-refractivity contribution in [1.29, 1.82) is 0 Å². The lowest BCUT2D eigenvalue weighted by molar-refractivity contribution is -0.152. The van der Waals surface area contributed by atoms with E-state index in [1.54, 1.807) is 0 Å². The van der Waals surface area contributed by atoms with Gasteiger partial charge in [-0.15, -0.1) is 0 Å². The van der Waals surface area contributed by atoms with Crippen LogP contribution in [0.2, 0.25) is 0 Å². The molecule has 0 fully saturated rings. The largest absolute Gasteiger partial charge is 0.461 e. The molecular weight excluding hydrogens is 278 g/mol. The van der Waals surface area contributed by atoms with Gasteiger partial charge in [0, 0.05) is 21.3 Å². The van der Waals surface area contributed by atoms with E-state index in [1.165, 1.54) is 0 Å². The Morgan fingerprint density at radius 3 is 2.86 bits per heavy atom. The van der Waals surface area contributed by atoms with Crippen molar-refractivity contribution in [3.63, 3.8) is 0 Å². The Kier molecular flexibility index (Phi) is 5.43. The molecule has 0 bridgehead atoms. The third-order valence-electron chi connectivity index (χ3n) is 2.13. The molecule has 0 saturated heterocycles. The van der Waals surface area contributed by atoms with Crippen molar-refractivity contribution in [2.45, 2.75) is 45.6 Å². The van der Waals surface area contributed by atoms with Gasteiger partial charge >= 0.3 is 12.2 Å². The van der Waals surface area contributed by atoms with E-state index in [-0.39, 0.29) is 12.8 Å². The first-order valence-corrected chi connectivity index (χ1v) is 6.04. The molecule has 0 saturated carbocycles. The maximum absolute atomic E-state index is 12.1. The third-order valence-corrected chi connectivity index (χ3v) is 2.13. The van der Waals surface area contributed by atoms with Gasteiger partial charge in [0.25, 0.3) is 0 Å². The van der Waals surface area contributed by atoms with Gasteiger partial charge in [-0.1, -0.05) is 0 Å². The maximum Gasteiger partial charge on any atom is 0.328 e. The molecule has 0 aliphatic carbocycles. The topological polar surface area (TPSA) is 118 Å². The average molecular weight is 305 g/mol. The Balaban J connectivity index is 4.91. The van der Waals surface area contributed by atoms with Crippen LogP contribution < -0.4 is 5.32 Å². The number of amides is 1. The summed E-state index contributed by atoms with van der Waals surface area (Å²) in [5.74, 6) is -2.59. The highest BCUT2D eigenvalue weighted by molar-refractivity contribution is 6.25. The molecule has 2 atom stereocenters. The molecule has 1 amide bonds. The summed E-state index contributed by atoms with van der Waals surface area (Å²) in [5.41, 5.74) is 8.29. The summed E-state index contributed by atoms with van der Waals surface area (Å²) in [5, 5.41) is 2.19. The number of ether oxygens (including phenoxy) is 2. The van der Waals surface area contributed by atoms with Crippen molar-refractivity contribution in [3.8, 4) is 0 Å². The van der Waals surface area contributed by atoms with E-state index in [4.69, 9.17) is 23.2 Å². The molecule has 0 aromatic heterocycles. The lowest BCUT2D eigenvalue weighted by Crippen LogP contribution is -2.44. The number of Topliss-reactive ketones (excluding diaryl/α,β-unsaturated/α-hetero) is 1. The fraction of sp³-hybridized carbons (Fsp3) is 0.692. The fourth-order valence-corrected chi connectivity index (χ4v) is 1.30. The Morgan fingerprint density at radius 2 is 2.24 bits per heavy atom. The van der Waals surface area contributed by atoms with Crippen LogP contribution >= 0.6 is 0 Å². The van der Waals surface area contributed by atoms with Gasteiger partial charge in [0.05, 0.1) is 6.10 Å². The van der Waals surface area contributed by atoms with E-state index >= 15 is 0 Å². The maximum atomic E-state index is 12.1. The van der Waals surface area contributed by atoms with Crippen LogP contribution in [0.1, 0.15) is 41.7 Å². The van der Waals surface area contributed by atoms with Crippen molar-refractivity contribution in [2.24, 2.45) is 0 Å². The minimum Gasteiger partial charge on any atom is -0.461 e. The van der Waals surface area contributed by atoms with Crippen LogP contribution in [0.5, 0.6) is 0 Å². The summed E-state index contributed by atoms with van der Waals surface area (Å²) in [6.07, 6.45) is -1.41. The Bertz CT molecular complexity index is 586. The van der Waals surface area contributed by atoms with Gasteiger partial charge in [0.2, 0.25) is 11.7 Å². The van der Waals surface area contributed by atoms with Gasteiger partial charge in [-0.25, -0.2) is 4.79 Å². The molecule has 0 heterocycles. The minimum absolute atomic E-state index is 0.261. The molecule has 8 heteroatoms. The highest BCUT2D eigenvalue weighted by Gasteiger charge is 2.24. The molecule has 0 aromatic rings. The second kappa shape index (κ2) is 10.7. The molecule has 8 nitrogen and oxygen atoms in total. The van der Waals surface area contributed by atoms with Crippen LogP contribution in [0.3, 0.4) is 0 Å². The Morgan fingerprint density at radius 1 is 1.48 bits per heavy atom. The van der Waals surface area contributed by atoms with Gasteiger partial charge in [-0.2, -0.15) is 4.79 Å². The summed E-state index contributed by atoms with van der Waals surface area (Å²) in [6.45, 7) is -5.18. The molecule has 0 aliphatic rings. The number of nitrogens with zero attached hydrogens (tertiary/aromatic N) is 2. The molecule has 21 heavy (non-hydrogen) atoms. The van der Waals surface area contributed by atoms with Crippen molar-refractivity contribution >= 4 is 23.9 Å². The monoisotopic (exact) mass is 305 g/mol. The molecule has 0 rings (SSSR count). The van der Waals surface area contributed by atoms with E-state index < -0.39 is 56.7 Å². The molecule has 0 radical (unpaired) electrons. The summed E-state index contributed by atoms with van der Waals surface area (Å²) in [7, 11) is 0. The van der Waals surface area contributed by atoms with Crippen molar-refractivity contribution < 1.29 is 36.9 Å². The van der Waals surface area contributed by atoms with Crippen LogP contribution in [0, 0.1) is 0 Å². The molecule has 1 unspecified atom stereocenters. The first-order chi connectivity index (χ1) is 12.3. The van der Waals surface area contributed by atoms with Crippen LogP contribution in [0.15, 0.2) is 0 Å². The quantitative estimate of drug-likeness (QED) is 0.266. The van der Waals surface area contributed by atoms with Gasteiger partial charge in [-0.3, -0.25) is 9.59 Å². The van der Waals surface area contributed by atoms with Crippen LogP contribution in [-0.4, -0.2) is 54.0 Å². The van der Waals surface area contributed by atoms with Crippen LogP contribution in [-0.2, 0) is 23.9 Å². The number of esters is 1. The van der Waals surface area contributed by atoms with Gasteiger partial charge in [-0.05, 0) is 27.0 Å². The predicted molar refractivity (Wildman–Crippen MR) is 73.6 cm³/mol. The lowest BCUT2D eigenvalue weighted by atomic mass is 10.1. The molecule has 0 spiro atoms. The second-order valence-corrected chi connectivity index (χ2v) is 3.94. The van der Waals surface area contributed by atoms with Crippen molar-refractivity contribution in [1.82, 2.24) is 5.32 Å². The van der Waals surface area contributed by atoms with E-state index in [9.17, 15) is 14.4 Å². The zero-order valence-corrected chi connectivity index (χ0v) is 11.5. The molecule has 0 aliphatic heterocycles. The SMILES string of the molecule is [2H]C([2H])([2H])COCC(=O)N[C@@H](CCC(=O)C=[N+]=[N-])C(=O)OC(C)C([2H])([2H])[2H]. The standard InChI is InChI=1S/C13H21N3O5/c1-4-20-8-12(18)16-11(13(19)21-9(2)3)6-5-10(17)7-15-14/h7,9,11H,4-6,8H2,1-3H3,(H,16,18)/t11-/m0/s1/i1D3,2D3/t9?,11-.